The zero-order chi connectivity index (χ0) is 15.5. The van der Waals surface area contributed by atoms with E-state index in [-0.39, 0.29) is 5.56 Å². The number of carbonyl (C=O) groups excluding carboxylic acids is 2. The molecule has 1 aromatic rings. The lowest BCUT2D eigenvalue weighted by atomic mass is 9.88. The Kier molecular flexibility index (Phi) is 4.42. The zero-order valence-corrected chi connectivity index (χ0v) is 11.9. The van der Waals surface area contributed by atoms with Crippen molar-refractivity contribution in [3.63, 3.8) is 0 Å². The van der Waals surface area contributed by atoms with Crippen molar-refractivity contribution in [1.29, 1.82) is 0 Å². The fourth-order valence-electron chi connectivity index (χ4n) is 2.53. The molecule has 21 heavy (non-hydrogen) atoms. The second kappa shape index (κ2) is 6.09. The van der Waals surface area contributed by atoms with Crippen LogP contribution in [0.15, 0.2) is 23.1 Å². The van der Waals surface area contributed by atoms with Crippen molar-refractivity contribution in [3.05, 3.63) is 34.2 Å². The van der Waals surface area contributed by atoms with Crippen LogP contribution in [0.25, 0.3) is 0 Å². The second-order valence-electron chi connectivity index (χ2n) is 4.81. The minimum Gasteiger partial charge on any atom is -0.467 e. The van der Waals surface area contributed by atoms with Gasteiger partial charge in [0.05, 0.1) is 7.11 Å². The summed E-state index contributed by atoms with van der Waals surface area (Å²) >= 11 is 0. The molecule has 7 nitrogen and oxygen atoms in total. The smallest absolute Gasteiger partial charge is 0.342 e. The number of carbonyl (C=O) groups is 2. The lowest BCUT2D eigenvalue weighted by Gasteiger charge is -2.33. The molecule has 0 bridgehead atoms. The van der Waals surface area contributed by atoms with E-state index in [9.17, 15) is 14.4 Å². The van der Waals surface area contributed by atoms with Gasteiger partial charge < -0.3 is 19.2 Å². The quantitative estimate of drug-likeness (QED) is 0.822. The van der Waals surface area contributed by atoms with Crippen LogP contribution in [0.5, 0.6) is 0 Å². The van der Waals surface area contributed by atoms with Gasteiger partial charge in [0.1, 0.15) is 0 Å². The normalized spacial score (nSPS) is 22.6. The highest BCUT2D eigenvalue weighted by molar-refractivity contribution is 5.81. The first-order chi connectivity index (χ1) is 9.99. The first-order valence-electron chi connectivity index (χ1n) is 6.58. The van der Waals surface area contributed by atoms with E-state index in [1.807, 2.05) is 0 Å². The third kappa shape index (κ3) is 2.97. The molecule has 7 heteroatoms. The van der Waals surface area contributed by atoms with Crippen molar-refractivity contribution in [2.75, 3.05) is 13.7 Å². The van der Waals surface area contributed by atoms with Crippen LogP contribution in [0, 0.1) is 0 Å². The lowest BCUT2D eigenvalue weighted by molar-refractivity contribution is -0.188. The van der Waals surface area contributed by atoms with Crippen LogP contribution in [-0.2, 0) is 23.8 Å². The Morgan fingerprint density at radius 1 is 1.48 bits per heavy atom. The molecule has 1 aromatic heterocycles. The predicted octanol–water partition coefficient (Wildman–Crippen LogP) is 0.701. The molecule has 0 aliphatic carbocycles. The average Bonchev–Trinajstić information content (AvgIpc) is 2.94. The van der Waals surface area contributed by atoms with Crippen LogP contribution in [-0.4, -0.2) is 36.2 Å². The highest BCUT2D eigenvalue weighted by Crippen LogP contribution is 2.41. The highest BCUT2D eigenvalue weighted by Gasteiger charge is 2.53. The Morgan fingerprint density at radius 2 is 2.24 bits per heavy atom. The van der Waals surface area contributed by atoms with Crippen molar-refractivity contribution in [1.82, 2.24) is 4.98 Å². The first-order valence-corrected chi connectivity index (χ1v) is 6.58. The van der Waals surface area contributed by atoms with E-state index >= 15 is 0 Å². The number of aromatic nitrogens is 1. The van der Waals surface area contributed by atoms with E-state index < -0.39 is 23.6 Å². The molecule has 2 rings (SSSR count). The van der Waals surface area contributed by atoms with Gasteiger partial charge in [0.2, 0.25) is 11.2 Å². The number of aromatic amines is 1. The fraction of sp³-hybridized carbons (Fsp3) is 0.500. The average molecular weight is 295 g/mol. The number of nitrogens with one attached hydrogen (secondary N) is 1. The lowest BCUT2D eigenvalue weighted by Crippen LogP contribution is -2.46. The number of hydrogen-bond acceptors (Lipinski definition) is 6. The molecule has 1 aliphatic rings. The van der Waals surface area contributed by atoms with Gasteiger partial charge in [0.25, 0.3) is 0 Å². The van der Waals surface area contributed by atoms with E-state index in [4.69, 9.17) is 14.2 Å². The maximum Gasteiger partial charge on any atom is 0.342 e. The second-order valence-corrected chi connectivity index (χ2v) is 4.81. The summed E-state index contributed by atoms with van der Waals surface area (Å²) < 4.78 is 15.7. The van der Waals surface area contributed by atoms with Gasteiger partial charge in [-0.25, -0.2) is 4.79 Å². The Balaban J connectivity index is 2.49. The molecule has 1 fully saturated rings. The van der Waals surface area contributed by atoms with Crippen molar-refractivity contribution >= 4 is 11.9 Å². The first kappa shape index (κ1) is 15.2. The molecule has 0 radical (unpaired) electrons. The molecular formula is C14H17NO6. The predicted molar refractivity (Wildman–Crippen MR) is 71.5 cm³/mol. The molecule has 2 unspecified atom stereocenters. The molecule has 0 amide bonds. The summed E-state index contributed by atoms with van der Waals surface area (Å²) in [5, 5.41) is 0. The van der Waals surface area contributed by atoms with Crippen molar-refractivity contribution in [2.45, 2.75) is 31.5 Å². The monoisotopic (exact) mass is 295 g/mol. The Hall–Kier alpha value is -2.15. The maximum absolute atomic E-state index is 12.2. The molecule has 1 aliphatic heterocycles. The molecule has 114 valence electrons. The molecule has 2 atom stereocenters. The summed E-state index contributed by atoms with van der Waals surface area (Å²) in [4.78, 5) is 37.6. The number of pyridine rings is 1. The summed E-state index contributed by atoms with van der Waals surface area (Å²) in [6.45, 7) is 1.59. The fourth-order valence-corrected chi connectivity index (χ4v) is 2.53. The van der Waals surface area contributed by atoms with Gasteiger partial charge in [-0.3, -0.25) is 9.59 Å². The van der Waals surface area contributed by atoms with Crippen molar-refractivity contribution in [3.8, 4) is 0 Å². The number of esters is 2. The van der Waals surface area contributed by atoms with Crippen LogP contribution >= 0.6 is 0 Å². The third-order valence-electron chi connectivity index (χ3n) is 3.39. The maximum atomic E-state index is 12.2. The number of rotatable bonds is 4. The Morgan fingerprint density at radius 3 is 2.76 bits per heavy atom. The largest absolute Gasteiger partial charge is 0.467 e. The number of hydrogen-bond donors (Lipinski definition) is 1. The van der Waals surface area contributed by atoms with Gasteiger partial charge in [0, 0.05) is 31.4 Å². The van der Waals surface area contributed by atoms with Crippen LogP contribution in [0.4, 0.5) is 0 Å². The summed E-state index contributed by atoms with van der Waals surface area (Å²) in [7, 11) is 1.24. The molecule has 0 saturated carbocycles. The Bertz CT molecular complexity index is 587. The van der Waals surface area contributed by atoms with Gasteiger partial charge in [0.15, 0.2) is 6.10 Å². The van der Waals surface area contributed by atoms with Crippen LogP contribution in [0.3, 0.4) is 0 Å². The van der Waals surface area contributed by atoms with Crippen LogP contribution < -0.4 is 5.56 Å². The van der Waals surface area contributed by atoms with Crippen LogP contribution in [0.2, 0.25) is 0 Å². The van der Waals surface area contributed by atoms with Gasteiger partial charge in [-0.15, -0.1) is 0 Å². The van der Waals surface area contributed by atoms with Gasteiger partial charge in [-0.05, 0) is 18.9 Å². The third-order valence-corrected chi connectivity index (χ3v) is 3.39. The summed E-state index contributed by atoms with van der Waals surface area (Å²) in [5.74, 6) is -1.19. The molecule has 0 spiro atoms. The van der Waals surface area contributed by atoms with E-state index in [0.717, 1.165) is 0 Å². The van der Waals surface area contributed by atoms with Crippen LogP contribution in [0.1, 0.15) is 31.4 Å². The molecular weight excluding hydrogens is 278 g/mol. The Labute approximate surface area is 121 Å². The summed E-state index contributed by atoms with van der Waals surface area (Å²) in [6, 6.07) is 2.85. The zero-order valence-electron chi connectivity index (χ0n) is 11.9. The van der Waals surface area contributed by atoms with E-state index in [0.29, 0.717) is 25.0 Å². The minimum atomic E-state index is -1.41. The molecule has 1 N–H and O–H groups in total. The van der Waals surface area contributed by atoms with E-state index in [1.54, 1.807) is 6.07 Å². The minimum absolute atomic E-state index is 0.352. The van der Waals surface area contributed by atoms with Gasteiger partial charge in [-0.1, -0.05) is 0 Å². The standard InChI is InChI=1S/C14H17NO6/c1-9(16)21-12(10-4-6-15-11(17)8-10)14(13(18)19-2)5-3-7-20-14/h4,6,8,12H,3,5,7H2,1-2H3,(H,15,17). The highest BCUT2D eigenvalue weighted by atomic mass is 16.6. The van der Waals surface area contributed by atoms with Gasteiger partial charge in [-0.2, -0.15) is 0 Å². The molecule has 0 aromatic carbocycles. The molecule has 1 saturated heterocycles. The SMILES string of the molecule is COC(=O)C1(C(OC(C)=O)c2cc[nH]c(=O)c2)CCCO1. The number of H-pyrrole nitrogens is 1. The molecule has 2 heterocycles. The van der Waals surface area contributed by atoms with Crippen molar-refractivity contribution < 1.29 is 23.8 Å². The summed E-state index contributed by atoms with van der Waals surface area (Å²) in [5.41, 5.74) is -1.38. The topological polar surface area (TPSA) is 94.7 Å². The summed E-state index contributed by atoms with van der Waals surface area (Å²) in [6.07, 6.45) is 1.39. The number of methoxy groups -OCH3 is 1. The van der Waals surface area contributed by atoms with Crippen molar-refractivity contribution in [2.24, 2.45) is 0 Å². The number of ether oxygens (including phenoxy) is 3. The van der Waals surface area contributed by atoms with E-state index in [2.05, 4.69) is 4.98 Å². The van der Waals surface area contributed by atoms with E-state index in [1.165, 1.54) is 26.3 Å². The van der Waals surface area contributed by atoms with Gasteiger partial charge >= 0.3 is 11.9 Å².